The summed E-state index contributed by atoms with van der Waals surface area (Å²) in [5.74, 6) is 0.220. The van der Waals surface area contributed by atoms with Crippen LogP contribution in [0.3, 0.4) is 0 Å². The highest BCUT2D eigenvalue weighted by Gasteiger charge is 2.12. The number of benzene rings is 4. The third-order valence-corrected chi connectivity index (χ3v) is 6.13. The van der Waals surface area contributed by atoms with Gasteiger partial charge >= 0.3 is 0 Å². The Bertz CT molecular complexity index is 1410. The predicted molar refractivity (Wildman–Crippen MR) is 141 cm³/mol. The lowest BCUT2D eigenvalue weighted by molar-refractivity contribution is -0.112. The molecule has 0 aliphatic rings. The lowest BCUT2D eigenvalue weighted by Gasteiger charge is -2.10. The maximum atomic E-state index is 12.5. The van der Waals surface area contributed by atoms with E-state index in [1.807, 2.05) is 36.4 Å². The molecule has 1 amide bonds. The number of halogens is 2. The van der Waals surface area contributed by atoms with Gasteiger partial charge in [0.1, 0.15) is 24.0 Å². The van der Waals surface area contributed by atoms with Crippen molar-refractivity contribution in [1.29, 1.82) is 5.26 Å². The molecule has 4 nitrogen and oxygen atoms in total. The monoisotopic (exact) mass is 564 g/mol. The summed E-state index contributed by atoms with van der Waals surface area (Å²) in [7, 11) is 0. The maximum Gasteiger partial charge on any atom is 0.266 e. The Labute approximate surface area is 210 Å². The Hall–Kier alpha value is -3.34. The second-order valence-electron chi connectivity index (χ2n) is 7.26. The van der Waals surface area contributed by atoms with Crippen LogP contribution in [0.4, 0.5) is 5.69 Å². The van der Waals surface area contributed by atoms with E-state index in [-0.39, 0.29) is 5.57 Å². The molecule has 0 atom stereocenters. The average Bonchev–Trinajstić information content (AvgIpc) is 2.83. The van der Waals surface area contributed by atoms with Crippen LogP contribution in [0, 0.1) is 14.9 Å². The van der Waals surface area contributed by atoms with E-state index in [2.05, 4.69) is 58.2 Å². The zero-order chi connectivity index (χ0) is 23.2. The number of nitrogens with zero attached hydrogens (tertiary/aromatic N) is 1. The van der Waals surface area contributed by atoms with Crippen molar-refractivity contribution in [1.82, 2.24) is 0 Å². The molecule has 0 aliphatic carbocycles. The number of nitriles is 1. The first-order valence-corrected chi connectivity index (χ1v) is 11.6. The molecule has 0 saturated carbocycles. The summed E-state index contributed by atoms with van der Waals surface area (Å²) in [6, 6.07) is 28.8. The molecule has 4 aromatic carbocycles. The van der Waals surface area contributed by atoms with Crippen LogP contribution in [0.1, 0.15) is 11.1 Å². The van der Waals surface area contributed by atoms with E-state index in [9.17, 15) is 10.1 Å². The standard InChI is InChI=1S/C27H18ClIN2O2/c28-23-7-3-4-8-25(23)31-27(32)22(16-30)13-18-10-12-26(24(29)15-18)33-17-19-9-11-20-5-1-2-6-21(20)14-19/h1-15H,17H2,(H,31,32)/b22-13+. The van der Waals surface area contributed by atoms with Crippen LogP contribution < -0.4 is 10.1 Å². The molecule has 1 N–H and O–H groups in total. The molecule has 0 bridgehead atoms. The third kappa shape index (κ3) is 5.72. The van der Waals surface area contributed by atoms with Gasteiger partial charge in [-0.3, -0.25) is 4.79 Å². The lowest BCUT2D eigenvalue weighted by atomic mass is 10.1. The number of amides is 1. The highest BCUT2D eigenvalue weighted by Crippen LogP contribution is 2.26. The average molecular weight is 565 g/mol. The first kappa shape index (κ1) is 22.8. The van der Waals surface area contributed by atoms with E-state index >= 15 is 0 Å². The van der Waals surface area contributed by atoms with Crippen molar-refractivity contribution < 1.29 is 9.53 Å². The zero-order valence-corrected chi connectivity index (χ0v) is 20.3. The first-order valence-electron chi connectivity index (χ1n) is 10.1. The molecule has 4 rings (SSSR count). The molecular weight excluding hydrogens is 547 g/mol. The molecule has 0 radical (unpaired) electrons. The number of anilines is 1. The molecule has 0 spiro atoms. The molecule has 0 aromatic heterocycles. The molecule has 4 aromatic rings. The summed E-state index contributed by atoms with van der Waals surface area (Å²) >= 11 is 8.27. The van der Waals surface area contributed by atoms with Crippen LogP contribution in [-0.4, -0.2) is 5.91 Å². The van der Waals surface area contributed by atoms with E-state index in [1.54, 1.807) is 30.3 Å². The highest BCUT2D eigenvalue weighted by atomic mass is 127. The van der Waals surface area contributed by atoms with Crippen LogP contribution in [-0.2, 0) is 11.4 Å². The van der Waals surface area contributed by atoms with Gasteiger partial charge in [-0.25, -0.2) is 0 Å². The Balaban J connectivity index is 1.46. The summed E-state index contributed by atoms with van der Waals surface area (Å²) in [5, 5.41) is 14.9. The predicted octanol–water partition coefficient (Wildman–Crippen LogP) is 7.22. The first-order chi connectivity index (χ1) is 16.0. The fourth-order valence-corrected chi connectivity index (χ4v) is 4.16. The van der Waals surface area contributed by atoms with E-state index < -0.39 is 5.91 Å². The van der Waals surface area contributed by atoms with Gasteiger partial charge in [-0.1, -0.05) is 66.2 Å². The van der Waals surface area contributed by atoms with Gasteiger partial charge in [0.15, 0.2) is 0 Å². The number of fused-ring (bicyclic) bond motifs is 1. The van der Waals surface area contributed by atoms with Gasteiger partial charge in [0.2, 0.25) is 0 Å². The van der Waals surface area contributed by atoms with Crippen molar-refractivity contribution >= 4 is 62.6 Å². The summed E-state index contributed by atoms with van der Waals surface area (Å²) < 4.78 is 6.89. The fourth-order valence-electron chi connectivity index (χ4n) is 3.28. The number of hydrogen-bond acceptors (Lipinski definition) is 3. The Kier molecular flexibility index (Phi) is 7.28. The van der Waals surface area contributed by atoms with Gasteiger partial charge in [-0.15, -0.1) is 0 Å². The molecule has 162 valence electrons. The molecular formula is C27H18ClIN2O2. The molecule has 0 fully saturated rings. The number of carbonyl (C=O) groups excluding carboxylic acids is 1. The number of carbonyl (C=O) groups is 1. The van der Waals surface area contributed by atoms with Gasteiger partial charge in [0.25, 0.3) is 5.91 Å². The van der Waals surface area contributed by atoms with E-state index in [1.165, 1.54) is 10.8 Å². The van der Waals surface area contributed by atoms with Gasteiger partial charge in [-0.05, 0) is 80.9 Å². The molecule has 6 heteroatoms. The second kappa shape index (κ2) is 10.5. The molecule has 0 heterocycles. The van der Waals surface area contributed by atoms with Crippen molar-refractivity contribution in [3.63, 3.8) is 0 Å². The van der Waals surface area contributed by atoms with Gasteiger partial charge in [-0.2, -0.15) is 5.26 Å². The Morgan fingerprint density at radius 2 is 1.76 bits per heavy atom. The fraction of sp³-hybridized carbons (Fsp3) is 0.0370. The minimum Gasteiger partial charge on any atom is -0.488 e. The summed E-state index contributed by atoms with van der Waals surface area (Å²) in [4.78, 5) is 12.5. The maximum absolute atomic E-state index is 12.5. The van der Waals surface area contributed by atoms with Crippen molar-refractivity contribution in [2.75, 3.05) is 5.32 Å². The zero-order valence-electron chi connectivity index (χ0n) is 17.4. The smallest absolute Gasteiger partial charge is 0.266 e. The van der Waals surface area contributed by atoms with Gasteiger partial charge in [0, 0.05) is 0 Å². The van der Waals surface area contributed by atoms with Crippen molar-refractivity contribution in [2.24, 2.45) is 0 Å². The van der Waals surface area contributed by atoms with Crippen LogP contribution in [0.25, 0.3) is 16.8 Å². The number of nitrogens with one attached hydrogen (secondary N) is 1. The number of rotatable bonds is 6. The number of para-hydroxylation sites is 1. The molecule has 0 unspecified atom stereocenters. The van der Waals surface area contributed by atoms with Crippen LogP contribution in [0.5, 0.6) is 5.75 Å². The highest BCUT2D eigenvalue weighted by molar-refractivity contribution is 14.1. The molecule has 0 aliphatic heterocycles. The minimum atomic E-state index is -0.516. The van der Waals surface area contributed by atoms with Crippen LogP contribution in [0.15, 0.2) is 90.5 Å². The van der Waals surface area contributed by atoms with E-state index in [0.29, 0.717) is 17.3 Å². The van der Waals surface area contributed by atoms with Crippen molar-refractivity contribution in [2.45, 2.75) is 6.61 Å². The van der Waals surface area contributed by atoms with Crippen molar-refractivity contribution in [3.05, 3.63) is 110 Å². The number of ether oxygens (including phenoxy) is 1. The summed E-state index contributed by atoms with van der Waals surface area (Å²) in [6.45, 7) is 0.444. The van der Waals surface area contributed by atoms with Crippen molar-refractivity contribution in [3.8, 4) is 11.8 Å². The summed E-state index contributed by atoms with van der Waals surface area (Å²) in [6.07, 6.45) is 1.54. The van der Waals surface area contributed by atoms with Crippen LogP contribution in [0.2, 0.25) is 5.02 Å². The van der Waals surface area contributed by atoms with Crippen LogP contribution >= 0.6 is 34.2 Å². The minimum absolute atomic E-state index is 0.0180. The Morgan fingerprint density at radius 1 is 1.00 bits per heavy atom. The lowest BCUT2D eigenvalue weighted by Crippen LogP contribution is -2.13. The van der Waals surface area contributed by atoms with E-state index in [0.717, 1.165) is 20.4 Å². The Morgan fingerprint density at radius 3 is 2.52 bits per heavy atom. The van der Waals surface area contributed by atoms with Gasteiger partial charge in [0.05, 0.1) is 14.3 Å². The largest absolute Gasteiger partial charge is 0.488 e. The summed E-state index contributed by atoms with van der Waals surface area (Å²) in [5.41, 5.74) is 2.24. The number of hydrogen-bond donors (Lipinski definition) is 1. The normalized spacial score (nSPS) is 11.1. The molecule has 33 heavy (non-hydrogen) atoms. The topological polar surface area (TPSA) is 62.1 Å². The van der Waals surface area contributed by atoms with Gasteiger partial charge < -0.3 is 10.1 Å². The third-order valence-electron chi connectivity index (χ3n) is 4.96. The molecule has 0 saturated heterocycles. The SMILES string of the molecule is N#C/C(=C\c1ccc(OCc2ccc3ccccc3c2)c(I)c1)C(=O)Nc1ccccc1Cl. The second-order valence-corrected chi connectivity index (χ2v) is 8.83. The quantitative estimate of drug-likeness (QED) is 0.153. The van der Waals surface area contributed by atoms with E-state index in [4.69, 9.17) is 16.3 Å².